The van der Waals surface area contributed by atoms with Crippen molar-refractivity contribution in [3.8, 4) is 5.75 Å². The number of nitrogens with one attached hydrogen (secondary N) is 1. The first-order chi connectivity index (χ1) is 10.3. The Morgan fingerprint density at radius 1 is 1.14 bits per heavy atom. The predicted octanol–water partition coefficient (Wildman–Crippen LogP) is 3.40. The molecule has 0 aliphatic carbocycles. The zero-order valence-electron chi connectivity index (χ0n) is 13.0. The van der Waals surface area contributed by atoms with E-state index in [0.717, 1.165) is 5.75 Å². The van der Waals surface area contributed by atoms with Gasteiger partial charge in [-0.2, -0.15) is 0 Å². The average molecular weight is 339 g/mol. The summed E-state index contributed by atoms with van der Waals surface area (Å²) < 4.78 is 32.2. The molecule has 0 atom stereocenters. The van der Waals surface area contributed by atoms with Gasteiger partial charge in [0, 0.05) is 6.54 Å². The Hall–Kier alpha value is -1.37. The summed E-state index contributed by atoms with van der Waals surface area (Å²) in [7, 11) is -3.41. The molecular formula is C16H21NO3S2. The highest BCUT2D eigenvalue weighted by Crippen LogP contribution is 2.24. The van der Waals surface area contributed by atoms with Crippen LogP contribution in [0.1, 0.15) is 26.3 Å². The highest BCUT2D eigenvalue weighted by Gasteiger charge is 2.14. The summed E-state index contributed by atoms with van der Waals surface area (Å²) in [5, 5.41) is 1.74. The van der Waals surface area contributed by atoms with E-state index >= 15 is 0 Å². The van der Waals surface area contributed by atoms with Crippen LogP contribution in [0.25, 0.3) is 0 Å². The average Bonchev–Trinajstić information content (AvgIpc) is 2.98. The number of thiophene rings is 1. The van der Waals surface area contributed by atoms with Gasteiger partial charge in [0.25, 0.3) is 0 Å². The van der Waals surface area contributed by atoms with E-state index < -0.39 is 10.0 Å². The molecule has 0 aliphatic rings. The van der Waals surface area contributed by atoms with Gasteiger partial charge in [-0.05, 0) is 34.6 Å². The van der Waals surface area contributed by atoms with Crippen LogP contribution in [0.2, 0.25) is 0 Å². The standard InChI is InChI=1S/C16H21NO3S2/c1-16(2,3)13-6-8-14(9-7-13)20-11-10-17-22(18,19)15-5-4-12-21-15/h4-9,12,17H,10-11H2,1-3H3. The van der Waals surface area contributed by atoms with Crippen molar-refractivity contribution in [1.29, 1.82) is 0 Å². The maximum absolute atomic E-state index is 11.9. The van der Waals surface area contributed by atoms with Crippen LogP contribution >= 0.6 is 11.3 Å². The van der Waals surface area contributed by atoms with Crippen molar-refractivity contribution in [2.45, 2.75) is 30.4 Å². The van der Waals surface area contributed by atoms with Crippen molar-refractivity contribution in [2.24, 2.45) is 0 Å². The molecule has 6 heteroatoms. The van der Waals surface area contributed by atoms with Crippen molar-refractivity contribution in [1.82, 2.24) is 4.72 Å². The van der Waals surface area contributed by atoms with Gasteiger partial charge in [0.2, 0.25) is 10.0 Å². The molecule has 0 unspecified atom stereocenters. The second-order valence-corrected chi connectivity index (χ2v) is 8.89. The largest absolute Gasteiger partial charge is 0.492 e. The number of ether oxygens (including phenoxy) is 1. The Labute approximate surface area is 136 Å². The first-order valence-corrected chi connectivity index (χ1v) is 9.42. The fraction of sp³-hybridized carbons (Fsp3) is 0.375. The van der Waals surface area contributed by atoms with Crippen LogP contribution in [0.5, 0.6) is 5.75 Å². The molecule has 1 aromatic carbocycles. The van der Waals surface area contributed by atoms with E-state index in [0.29, 0.717) is 10.8 Å². The molecule has 0 spiro atoms. The van der Waals surface area contributed by atoms with Gasteiger partial charge in [-0.15, -0.1) is 11.3 Å². The molecule has 0 fully saturated rings. The number of rotatable bonds is 6. The van der Waals surface area contributed by atoms with Gasteiger partial charge in [-0.3, -0.25) is 0 Å². The molecule has 4 nitrogen and oxygen atoms in total. The first kappa shape index (κ1) is 17.0. The molecule has 2 aromatic rings. The number of hydrogen-bond donors (Lipinski definition) is 1. The van der Waals surface area contributed by atoms with Crippen LogP contribution in [-0.2, 0) is 15.4 Å². The third-order valence-electron chi connectivity index (χ3n) is 3.14. The molecule has 1 N–H and O–H groups in total. The van der Waals surface area contributed by atoms with Crippen molar-refractivity contribution >= 4 is 21.4 Å². The number of benzene rings is 1. The SMILES string of the molecule is CC(C)(C)c1ccc(OCCNS(=O)(=O)c2cccs2)cc1. The molecule has 0 amide bonds. The van der Waals surface area contributed by atoms with Crippen LogP contribution in [0.4, 0.5) is 0 Å². The topological polar surface area (TPSA) is 55.4 Å². The van der Waals surface area contributed by atoms with Crippen LogP contribution in [-0.4, -0.2) is 21.6 Å². The second kappa shape index (κ2) is 6.81. The van der Waals surface area contributed by atoms with Gasteiger partial charge in [-0.1, -0.05) is 39.0 Å². The van der Waals surface area contributed by atoms with Crippen molar-refractivity contribution in [3.63, 3.8) is 0 Å². The molecule has 0 radical (unpaired) electrons. The van der Waals surface area contributed by atoms with Crippen molar-refractivity contribution < 1.29 is 13.2 Å². The molecule has 0 saturated heterocycles. The van der Waals surface area contributed by atoms with Gasteiger partial charge < -0.3 is 4.74 Å². The predicted molar refractivity (Wildman–Crippen MR) is 90.1 cm³/mol. The van der Waals surface area contributed by atoms with Gasteiger partial charge >= 0.3 is 0 Å². The minimum absolute atomic E-state index is 0.106. The van der Waals surface area contributed by atoms with Gasteiger partial charge in [-0.25, -0.2) is 13.1 Å². The van der Waals surface area contributed by atoms with Crippen LogP contribution in [0, 0.1) is 0 Å². The highest BCUT2D eigenvalue weighted by atomic mass is 32.2. The minimum Gasteiger partial charge on any atom is -0.492 e. The highest BCUT2D eigenvalue weighted by molar-refractivity contribution is 7.91. The lowest BCUT2D eigenvalue weighted by Gasteiger charge is -2.19. The van der Waals surface area contributed by atoms with E-state index in [1.165, 1.54) is 16.9 Å². The van der Waals surface area contributed by atoms with Crippen LogP contribution in [0.3, 0.4) is 0 Å². The lowest BCUT2D eigenvalue weighted by molar-refractivity contribution is 0.322. The third kappa shape index (κ3) is 4.56. The molecule has 0 saturated carbocycles. The molecule has 120 valence electrons. The van der Waals surface area contributed by atoms with Gasteiger partial charge in [0.15, 0.2) is 0 Å². The van der Waals surface area contributed by atoms with E-state index in [-0.39, 0.29) is 12.0 Å². The first-order valence-electron chi connectivity index (χ1n) is 7.05. The summed E-state index contributed by atoms with van der Waals surface area (Å²) in [6.07, 6.45) is 0. The minimum atomic E-state index is -3.41. The Morgan fingerprint density at radius 2 is 1.82 bits per heavy atom. The molecule has 2 rings (SSSR count). The van der Waals surface area contributed by atoms with E-state index in [2.05, 4.69) is 25.5 Å². The monoisotopic (exact) mass is 339 g/mol. The molecule has 0 aliphatic heterocycles. The normalized spacial score (nSPS) is 12.3. The molecule has 1 aromatic heterocycles. The summed E-state index contributed by atoms with van der Waals surface area (Å²) in [4.78, 5) is 0. The third-order valence-corrected chi connectivity index (χ3v) is 6.00. The Kier molecular flexibility index (Phi) is 5.26. The number of sulfonamides is 1. The summed E-state index contributed by atoms with van der Waals surface area (Å²) >= 11 is 1.20. The summed E-state index contributed by atoms with van der Waals surface area (Å²) in [5.74, 6) is 0.739. The smallest absolute Gasteiger partial charge is 0.250 e. The van der Waals surface area contributed by atoms with E-state index in [9.17, 15) is 8.42 Å². The lowest BCUT2D eigenvalue weighted by Crippen LogP contribution is -2.27. The zero-order valence-corrected chi connectivity index (χ0v) is 14.6. The maximum atomic E-state index is 11.9. The summed E-state index contributed by atoms with van der Waals surface area (Å²) in [6, 6.07) is 11.2. The van der Waals surface area contributed by atoms with Crippen molar-refractivity contribution in [3.05, 3.63) is 47.3 Å². The van der Waals surface area contributed by atoms with Crippen LogP contribution < -0.4 is 9.46 Å². The Bertz CT molecular complexity index is 684. The molecular weight excluding hydrogens is 318 g/mol. The van der Waals surface area contributed by atoms with Crippen LogP contribution in [0.15, 0.2) is 46.0 Å². The van der Waals surface area contributed by atoms with Crippen molar-refractivity contribution in [2.75, 3.05) is 13.2 Å². The lowest BCUT2D eigenvalue weighted by atomic mass is 9.87. The quantitative estimate of drug-likeness (QED) is 0.821. The van der Waals surface area contributed by atoms with Gasteiger partial charge in [0.1, 0.15) is 16.6 Å². The Morgan fingerprint density at radius 3 is 2.36 bits per heavy atom. The fourth-order valence-electron chi connectivity index (χ4n) is 1.88. The summed E-state index contributed by atoms with van der Waals surface area (Å²) in [5.41, 5.74) is 1.34. The zero-order chi connectivity index (χ0) is 16.2. The molecule has 1 heterocycles. The second-order valence-electron chi connectivity index (χ2n) is 5.95. The van der Waals surface area contributed by atoms with E-state index in [1.807, 2.05) is 24.3 Å². The van der Waals surface area contributed by atoms with E-state index in [1.54, 1.807) is 17.5 Å². The fourth-order valence-corrected chi connectivity index (χ4v) is 3.93. The molecule has 0 bridgehead atoms. The summed E-state index contributed by atoms with van der Waals surface area (Å²) in [6.45, 7) is 6.99. The number of hydrogen-bond acceptors (Lipinski definition) is 4. The van der Waals surface area contributed by atoms with E-state index in [4.69, 9.17) is 4.74 Å². The maximum Gasteiger partial charge on any atom is 0.250 e. The van der Waals surface area contributed by atoms with Gasteiger partial charge in [0.05, 0.1) is 0 Å². The molecule has 22 heavy (non-hydrogen) atoms. The Balaban J connectivity index is 1.82.